The van der Waals surface area contributed by atoms with Crippen molar-refractivity contribution in [3.05, 3.63) is 83.3 Å². The molecule has 0 spiro atoms. The van der Waals surface area contributed by atoms with Crippen molar-refractivity contribution in [1.82, 2.24) is 9.97 Å². The first-order chi connectivity index (χ1) is 12.1. The third-order valence-corrected chi connectivity index (χ3v) is 3.89. The van der Waals surface area contributed by atoms with Gasteiger partial charge in [0.25, 0.3) is 5.91 Å². The summed E-state index contributed by atoms with van der Waals surface area (Å²) in [7, 11) is 0. The molecule has 0 saturated heterocycles. The van der Waals surface area contributed by atoms with Crippen LogP contribution in [0.15, 0.2) is 60.9 Å². The second-order valence-corrected chi connectivity index (χ2v) is 5.90. The Morgan fingerprint density at radius 2 is 1.76 bits per heavy atom. The lowest BCUT2D eigenvalue weighted by atomic mass is 10.1. The molecule has 5 heteroatoms. The number of hydrogen-bond donors (Lipinski definition) is 2. The molecule has 0 bridgehead atoms. The molecule has 0 aliphatic heterocycles. The van der Waals surface area contributed by atoms with Crippen molar-refractivity contribution in [3.8, 4) is 0 Å². The van der Waals surface area contributed by atoms with Gasteiger partial charge in [-0.1, -0.05) is 48.0 Å². The molecular weight excluding hydrogens is 312 g/mol. The van der Waals surface area contributed by atoms with Gasteiger partial charge in [-0.3, -0.25) is 4.79 Å². The number of benzene rings is 2. The topological polar surface area (TPSA) is 66.9 Å². The summed E-state index contributed by atoms with van der Waals surface area (Å²) in [5, 5.41) is 6.10. The van der Waals surface area contributed by atoms with Crippen LogP contribution >= 0.6 is 0 Å². The molecular formula is C20H20N4O. The quantitative estimate of drug-likeness (QED) is 0.742. The largest absolute Gasteiger partial charge is 0.366 e. The fourth-order valence-electron chi connectivity index (χ4n) is 2.38. The monoisotopic (exact) mass is 332 g/mol. The van der Waals surface area contributed by atoms with Crippen LogP contribution in [0.5, 0.6) is 0 Å². The van der Waals surface area contributed by atoms with Crippen molar-refractivity contribution in [2.45, 2.75) is 20.4 Å². The first-order valence-corrected chi connectivity index (χ1v) is 8.10. The number of para-hydroxylation sites is 1. The highest BCUT2D eigenvalue weighted by molar-refractivity contribution is 6.03. The smallest absolute Gasteiger partial charge is 0.274 e. The molecule has 126 valence electrons. The summed E-state index contributed by atoms with van der Waals surface area (Å²) in [4.78, 5) is 20.6. The van der Waals surface area contributed by atoms with E-state index in [1.165, 1.54) is 11.9 Å². The minimum atomic E-state index is -0.255. The highest BCUT2D eigenvalue weighted by Gasteiger charge is 2.10. The summed E-state index contributed by atoms with van der Waals surface area (Å²) in [5.74, 6) is 0.362. The first-order valence-electron chi connectivity index (χ1n) is 8.10. The van der Waals surface area contributed by atoms with E-state index in [1.807, 2.05) is 31.2 Å². The van der Waals surface area contributed by atoms with Gasteiger partial charge in [0.15, 0.2) is 0 Å². The van der Waals surface area contributed by atoms with Gasteiger partial charge in [-0.05, 0) is 31.0 Å². The van der Waals surface area contributed by atoms with Gasteiger partial charge in [-0.15, -0.1) is 0 Å². The van der Waals surface area contributed by atoms with Crippen LogP contribution in [0, 0.1) is 13.8 Å². The lowest BCUT2D eigenvalue weighted by Gasteiger charge is -2.09. The highest BCUT2D eigenvalue weighted by Crippen LogP contribution is 2.15. The Hall–Kier alpha value is -3.21. The summed E-state index contributed by atoms with van der Waals surface area (Å²) in [6, 6.07) is 17.6. The lowest BCUT2D eigenvalue weighted by Crippen LogP contribution is -2.15. The number of carbonyl (C=O) groups is 1. The molecule has 25 heavy (non-hydrogen) atoms. The third kappa shape index (κ3) is 4.41. The van der Waals surface area contributed by atoms with Crippen LogP contribution in [0.4, 0.5) is 11.5 Å². The minimum Gasteiger partial charge on any atom is -0.366 e. The standard InChI is InChI=1S/C20H20N4O/c1-14-7-9-16(10-8-14)12-21-19-11-18(22-13-23-19)20(25)24-17-6-4-3-5-15(17)2/h3-11,13H,12H2,1-2H3,(H,24,25)(H,21,22,23). The maximum Gasteiger partial charge on any atom is 0.274 e. The summed E-state index contributed by atoms with van der Waals surface area (Å²) in [6.45, 7) is 4.64. The van der Waals surface area contributed by atoms with Crippen molar-refractivity contribution < 1.29 is 4.79 Å². The maximum atomic E-state index is 12.4. The number of aromatic nitrogens is 2. The molecule has 1 aromatic heterocycles. The number of nitrogens with one attached hydrogen (secondary N) is 2. The van der Waals surface area contributed by atoms with Gasteiger partial charge in [-0.2, -0.15) is 0 Å². The molecule has 2 N–H and O–H groups in total. The van der Waals surface area contributed by atoms with Gasteiger partial charge >= 0.3 is 0 Å². The zero-order valence-corrected chi connectivity index (χ0v) is 14.3. The van der Waals surface area contributed by atoms with Crippen LogP contribution in [0.25, 0.3) is 0 Å². The number of rotatable bonds is 5. The number of aryl methyl sites for hydroxylation is 2. The van der Waals surface area contributed by atoms with E-state index in [4.69, 9.17) is 0 Å². The Morgan fingerprint density at radius 1 is 1.00 bits per heavy atom. The zero-order valence-electron chi connectivity index (χ0n) is 14.3. The van der Waals surface area contributed by atoms with E-state index in [9.17, 15) is 4.79 Å². The number of amides is 1. The number of hydrogen-bond acceptors (Lipinski definition) is 4. The Bertz CT molecular complexity index is 875. The van der Waals surface area contributed by atoms with Gasteiger partial charge in [-0.25, -0.2) is 9.97 Å². The predicted octanol–water partition coefficient (Wildman–Crippen LogP) is 3.96. The normalized spacial score (nSPS) is 10.3. The average Bonchev–Trinajstić information content (AvgIpc) is 2.63. The summed E-state index contributed by atoms with van der Waals surface area (Å²) in [5.41, 5.74) is 4.48. The van der Waals surface area contributed by atoms with Crippen LogP contribution in [0.3, 0.4) is 0 Å². The summed E-state index contributed by atoms with van der Waals surface area (Å²) < 4.78 is 0. The van der Waals surface area contributed by atoms with E-state index >= 15 is 0 Å². The van der Waals surface area contributed by atoms with Gasteiger partial charge in [0.1, 0.15) is 17.8 Å². The van der Waals surface area contributed by atoms with Crippen molar-refractivity contribution in [2.75, 3.05) is 10.6 Å². The van der Waals surface area contributed by atoms with Gasteiger partial charge in [0, 0.05) is 18.3 Å². The number of carbonyl (C=O) groups excluding carboxylic acids is 1. The second-order valence-electron chi connectivity index (χ2n) is 5.90. The Balaban J connectivity index is 1.67. The number of nitrogens with zero attached hydrogens (tertiary/aromatic N) is 2. The third-order valence-electron chi connectivity index (χ3n) is 3.89. The fourth-order valence-corrected chi connectivity index (χ4v) is 2.38. The Labute approximate surface area is 147 Å². The van der Waals surface area contributed by atoms with E-state index < -0.39 is 0 Å². The van der Waals surface area contributed by atoms with E-state index in [0.29, 0.717) is 18.1 Å². The Kier molecular flexibility index (Phi) is 5.04. The summed E-state index contributed by atoms with van der Waals surface area (Å²) in [6.07, 6.45) is 1.39. The summed E-state index contributed by atoms with van der Waals surface area (Å²) >= 11 is 0. The molecule has 0 aliphatic carbocycles. The molecule has 0 radical (unpaired) electrons. The average molecular weight is 332 g/mol. The van der Waals surface area contributed by atoms with Gasteiger partial charge in [0.05, 0.1) is 0 Å². The van der Waals surface area contributed by atoms with E-state index in [-0.39, 0.29) is 5.91 Å². The fraction of sp³-hybridized carbons (Fsp3) is 0.150. The minimum absolute atomic E-state index is 0.255. The maximum absolute atomic E-state index is 12.4. The molecule has 0 unspecified atom stereocenters. The first kappa shape index (κ1) is 16.6. The number of anilines is 2. The van der Waals surface area contributed by atoms with Crippen molar-refractivity contribution in [1.29, 1.82) is 0 Å². The predicted molar refractivity (Wildman–Crippen MR) is 99.7 cm³/mol. The van der Waals surface area contributed by atoms with Crippen molar-refractivity contribution in [3.63, 3.8) is 0 Å². The van der Waals surface area contributed by atoms with Crippen LogP contribution < -0.4 is 10.6 Å². The second kappa shape index (κ2) is 7.57. The SMILES string of the molecule is Cc1ccc(CNc2cc(C(=O)Nc3ccccc3C)ncn2)cc1. The molecule has 0 aliphatic rings. The lowest BCUT2D eigenvalue weighted by molar-refractivity contribution is 0.102. The van der Waals surface area contributed by atoms with Gasteiger partial charge in [0.2, 0.25) is 0 Å². The molecule has 0 saturated carbocycles. The molecule has 3 aromatic rings. The van der Waals surface area contributed by atoms with Crippen LogP contribution in [-0.4, -0.2) is 15.9 Å². The molecule has 5 nitrogen and oxygen atoms in total. The highest BCUT2D eigenvalue weighted by atomic mass is 16.1. The zero-order chi connectivity index (χ0) is 17.6. The van der Waals surface area contributed by atoms with Crippen molar-refractivity contribution >= 4 is 17.4 Å². The Morgan fingerprint density at radius 3 is 2.52 bits per heavy atom. The molecule has 0 fully saturated rings. The van der Waals surface area contributed by atoms with E-state index in [0.717, 1.165) is 16.8 Å². The molecule has 3 rings (SSSR count). The van der Waals surface area contributed by atoms with E-state index in [2.05, 4.69) is 51.8 Å². The molecule has 0 atom stereocenters. The van der Waals surface area contributed by atoms with Gasteiger partial charge < -0.3 is 10.6 Å². The molecule has 1 amide bonds. The van der Waals surface area contributed by atoms with Crippen molar-refractivity contribution in [2.24, 2.45) is 0 Å². The molecule has 1 heterocycles. The molecule has 2 aromatic carbocycles. The van der Waals surface area contributed by atoms with Crippen LogP contribution in [0.1, 0.15) is 27.2 Å². The van der Waals surface area contributed by atoms with Crippen LogP contribution in [0.2, 0.25) is 0 Å². The van der Waals surface area contributed by atoms with Crippen LogP contribution in [-0.2, 0) is 6.54 Å². The van der Waals surface area contributed by atoms with E-state index in [1.54, 1.807) is 6.07 Å².